The molecule has 0 aromatic heterocycles. The van der Waals surface area contributed by atoms with Crippen LogP contribution in [0.2, 0.25) is 0 Å². The predicted octanol–water partition coefficient (Wildman–Crippen LogP) is 0.629. The molecule has 0 aromatic carbocycles. The average Bonchev–Trinajstić information content (AvgIpc) is 2.71. The lowest BCUT2D eigenvalue weighted by atomic mass is 10.2. The van der Waals surface area contributed by atoms with E-state index in [1.54, 1.807) is 0 Å². The number of rotatable bonds is 2. The van der Waals surface area contributed by atoms with Crippen molar-refractivity contribution in [3.63, 3.8) is 0 Å². The first-order valence-corrected chi connectivity index (χ1v) is 4.41. The molecule has 2 heteroatoms. The van der Waals surface area contributed by atoms with E-state index in [2.05, 4.69) is 11.0 Å². The Labute approximate surface area is 67.5 Å². The highest BCUT2D eigenvalue weighted by molar-refractivity contribution is 4.98. The molecule has 0 amide bonds. The Bertz CT molecular complexity index is 163. The molecule has 1 N–H and O–H groups in total. The van der Waals surface area contributed by atoms with Crippen molar-refractivity contribution in [3.8, 4) is 0 Å². The maximum atomic E-state index is 9.28. The van der Waals surface area contributed by atoms with Gasteiger partial charge in [0, 0.05) is 19.6 Å². The second kappa shape index (κ2) is 2.95. The van der Waals surface area contributed by atoms with Crippen molar-refractivity contribution in [2.45, 2.75) is 18.9 Å². The van der Waals surface area contributed by atoms with Crippen molar-refractivity contribution in [3.05, 3.63) is 12.2 Å². The van der Waals surface area contributed by atoms with Crippen molar-refractivity contribution in [2.75, 3.05) is 19.6 Å². The van der Waals surface area contributed by atoms with Crippen LogP contribution in [0.5, 0.6) is 0 Å². The Morgan fingerprint density at radius 1 is 1.45 bits per heavy atom. The van der Waals surface area contributed by atoms with Crippen LogP contribution in [0.25, 0.3) is 0 Å². The summed E-state index contributed by atoms with van der Waals surface area (Å²) in [5.41, 5.74) is 0. The summed E-state index contributed by atoms with van der Waals surface area (Å²) in [6, 6.07) is 0. The standard InChI is InChI=1S/C9H15NO/c11-9-2-1-5-10(7-9)6-8-3-4-8/h1-2,8-9,11H,3-7H2/t9-/m1/s1. The van der Waals surface area contributed by atoms with Crippen molar-refractivity contribution in [2.24, 2.45) is 5.92 Å². The highest BCUT2D eigenvalue weighted by atomic mass is 16.3. The van der Waals surface area contributed by atoms with E-state index in [1.807, 2.05) is 6.08 Å². The average molecular weight is 153 g/mol. The van der Waals surface area contributed by atoms with Gasteiger partial charge in [-0.05, 0) is 18.8 Å². The van der Waals surface area contributed by atoms with E-state index in [9.17, 15) is 5.11 Å². The molecule has 2 rings (SSSR count). The summed E-state index contributed by atoms with van der Waals surface area (Å²) in [5.74, 6) is 0.939. The van der Waals surface area contributed by atoms with Crippen LogP contribution in [-0.2, 0) is 0 Å². The zero-order valence-corrected chi connectivity index (χ0v) is 6.74. The van der Waals surface area contributed by atoms with Gasteiger partial charge in [0.25, 0.3) is 0 Å². The first-order chi connectivity index (χ1) is 5.34. The van der Waals surface area contributed by atoms with Crippen LogP contribution in [0.4, 0.5) is 0 Å². The van der Waals surface area contributed by atoms with Gasteiger partial charge in [0.2, 0.25) is 0 Å². The largest absolute Gasteiger partial charge is 0.388 e. The number of β-amino-alcohol motifs (C(OH)–C–C–N with tert-alkyl or cyclic N) is 1. The first-order valence-electron chi connectivity index (χ1n) is 4.41. The van der Waals surface area contributed by atoms with Gasteiger partial charge in [0.1, 0.15) is 0 Å². The summed E-state index contributed by atoms with van der Waals surface area (Å²) >= 11 is 0. The van der Waals surface area contributed by atoms with Crippen LogP contribution >= 0.6 is 0 Å². The SMILES string of the molecule is O[C@@H]1C=CCN(CC2CC2)C1. The third kappa shape index (κ3) is 2.04. The lowest BCUT2D eigenvalue weighted by molar-refractivity contribution is 0.141. The predicted molar refractivity (Wildman–Crippen MR) is 44.3 cm³/mol. The third-order valence-corrected chi connectivity index (χ3v) is 2.38. The zero-order valence-electron chi connectivity index (χ0n) is 6.74. The Morgan fingerprint density at radius 2 is 2.27 bits per heavy atom. The summed E-state index contributed by atoms with van der Waals surface area (Å²) in [6.45, 7) is 3.07. The van der Waals surface area contributed by atoms with Gasteiger partial charge in [-0.3, -0.25) is 4.90 Å². The minimum Gasteiger partial charge on any atom is -0.388 e. The highest BCUT2D eigenvalue weighted by Crippen LogP contribution is 2.29. The lowest BCUT2D eigenvalue weighted by Gasteiger charge is -2.25. The monoisotopic (exact) mass is 153 g/mol. The minimum absolute atomic E-state index is 0.220. The minimum atomic E-state index is -0.220. The van der Waals surface area contributed by atoms with Crippen molar-refractivity contribution in [1.29, 1.82) is 0 Å². The van der Waals surface area contributed by atoms with Crippen molar-refractivity contribution in [1.82, 2.24) is 4.90 Å². The van der Waals surface area contributed by atoms with Crippen LogP contribution in [0.3, 0.4) is 0 Å². The van der Waals surface area contributed by atoms with Gasteiger partial charge in [-0.25, -0.2) is 0 Å². The smallest absolute Gasteiger partial charge is 0.0848 e. The van der Waals surface area contributed by atoms with Gasteiger partial charge >= 0.3 is 0 Å². The molecule has 1 aliphatic carbocycles. The van der Waals surface area contributed by atoms with Gasteiger partial charge < -0.3 is 5.11 Å². The van der Waals surface area contributed by atoms with E-state index >= 15 is 0 Å². The molecule has 1 aliphatic heterocycles. The summed E-state index contributed by atoms with van der Waals surface area (Å²) in [5, 5.41) is 9.28. The van der Waals surface area contributed by atoms with Crippen molar-refractivity contribution < 1.29 is 5.11 Å². The van der Waals surface area contributed by atoms with E-state index in [0.717, 1.165) is 19.0 Å². The fourth-order valence-corrected chi connectivity index (χ4v) is 1.58. The lowest BCUT2D eigenvalue weighted by Crippen LogP contribution is -2.36. The zero-order chi connectivity index (χ0) is 7.68. The molecule has 0 saturated heterocycles. The molecule has 62 valence electrons. The van der Waals surface area contributed by atoms with E-state index in [0.29, 0.717) is 0 Å². The van der Waals surface area contributed by atoms with Gasteiger partial charge in [0.15, 0.2) is 0 Å². The summed E-state index contributed by atoms with van der Waals surface area (Å²) in [6.07, 6.45) is 6.54. The molecule has 0 bridgehead atoms. The number of aliphatic hydroxyl groups is 1. The molecule has 2 nitrogen and oxygen atoms in total. The molecule has 2 aliphatic rings. The van der Waals surface area contributed by atoms with E-state index in [1.165, 1.54) is 19.4 Å². The number of hydrogen-bond donors (Lipinski definition) is 1. The van der Waals surface area contributed by atoms with Crippen LogP contribution in [0.15, 0.2) is 12.2 Å². The maximum absolute atomic E-state index is 9.28. The molecule has 1 saturated carbocycles. The van der Waals surface area contributed by atoms with Crippen LogP contribution in [-0.4, -0.2) is 35.7 Å². The Hall–Kier alpha value is -0.340. The molecular formula is C9H15NO. The molecule has 11 heavy (non-hydrogen) atoms. The second-order valence-electron chi connectivity index (χ2n) is 3.66. The van der Waals surface area contributed by atoms with Crippen molar-refractivity contribution >= 4 is 0 Å². The fourth-order valence-electron chi connectivity index (χ4n) is 1.58. The van der Waals surface area contributed by atoms with Gasteiger partial charge in [-0.15, -0.1) is 0 Å². The van der Waals surface area contributed by atoms with Gasteiger partial charge in [-0.1, -0.05) is 12.2 Å². The molecule has 0 aromatic rings. The quantitative estimate of drug-likeness (QED) is 0.588. The fraction of sp³-hybridized carbons (Fsp3) is 0.778. The molecule has 1 heterocycles. The molecular weight excluding hydrogens is 138 g/mol. The number of nitrogens with zero attached hydrogens (tertiary/aromatic N) is 1. The molecule has 1 fully saturated rings. The number of aliphatic hydroxyl groups excluding tert-OH is 1. The van der Waals surface area contributed by atoms with Crippen LogP contribution < -0.4 is 0 Å². The highest BCUT2D eigenvalue weighted by Gasteiger charge is 2.25. The third-order valence-electron chi connectivity index (χ3n) is 2.38. The van der Waals surface area contributed by atoms with E-state index in [-0.39, 0.29) is 6.10 Å². The second-order valence-corrected chi connectivity index (χ2v) is 3.66. The molecule has 0 radical (unpaired) electrons. The number of hydrogen-bond acceptors (Lipinski definition) is 2. The maximum Gasteiger partial charge on any atom is 0.0848 e. The van der Waals surface area contributed by atoms with E-state index < -0.39 is 0 Å². The van der Waals surface area contributed by atoms with E-state index in [4.69, 9.17) is 0 Å². The first kappa shape index (κ1) is 7.32. The normalized spacial score (nSPS) is 32.6. The topological polar surface area (TPSA) is 23.5 Å². The summed E-state index contributed by atoms with van der Waals surface area (Å²) < 4.78 is 0. The Balaban J connectivity index is 1.80. The van der Waals surface area contributed by atoms with Crippen LogP contribution in [0.1, 0.15) is 12.8 Å². The Kier molecular flexibility index (Phi) is 1.96. The molecule has 0 spiro atoms. The van der Waals surface area contributed by atoms with Crippen LogP contribution in [0, 0.1) is 5.92 Å². The Morgan fingerprint density at radius 3 is 2.91 bits per heavy atom. The summed E-state index contributed by atoms with van der Waals surface area (Å²) in [7, 11) is 0. The molecule has 1 atom stereocenters. The van der Waals surface area contributed by atoms with Gasteiger partial charge in [0.05, 0.1) is 6.10 Å². The molecule has 0 unspecified atom stereocenters. The van der Waals surface area contributed by atoms with Gasteiger partial charge in [-0.2, -0.15) is 0 Å². The summed E-state index contributed by atoms with van der Waals surface area (Å²) in [4.78, 5) is 2.34.